The minimum absolute atomic E-state index is 0.193. The summed E-state index contributed by atoms with van der Waals surface area (Å²) in [5, 5.41) is 8.09. The molecule has 1 aromatic carbocycles. The zero-order valence-corrected chi connectivity index (χ0v) is 12.1. The van der Waals surface area contributed by atoms with Gasteiger partial charge in [-0.25, -0.2) is 4.79 Å². The Kier molecular flexibility index (Phi) is 4.75. The van der Waals surface area contributed by atoms with Crippen LogP contribution in [0.15, 0.2) is 29.2 Å². The lowest BCUT2D eigenvalue weighted by Gasteiger charge is -2.05. The second-order valence-corrected chi connectivity index (χ2v) is 5.13. The fourth-order valence-corrected chi connectivity index (χ4v) is 2.45. The van der Waals surface area contributed by atoms with Gasteiger partial charge < -0.3 is 9.47 Å². The lowest BCUT2D eigenvalue weighted by Crippen LogP contribution is -2.03. The number of nitrogens with zero attached hydrogens (tertiary/aromatic N) is 2. The van der Waals surface area contributed by atoms with Crippen LogP contribution in [0.25, 0.3) is 0 Å². The third-order valence-electron chi connectivity index (χ3n) is 2.12. The molecule has 19 heavy (non-hydrogen) atoms. The standard InChI is InChI=1S/C12H12N2O3S2/c1-3-16-11(15)10-13-14-12(19-10)17-8-6-4-5-7-9(8)18-2/h4-7H,3H2,1-2H3. The Morgan fingerprint density at radius 3 is 2.89 bits per heavy atom. The third-order valence-corrected chi connectivity index (χ3v) is 3.68. The van der Waals surface area contributed by atoms with Crippen molar-refractivity contribution in [3.05, 3.63) is 29.3 Å². The molecule has 0 aliphatic carbocycles. The van der Waals surface area contributed by atoms with Crippen molar-refractivity contribution in [2.24, 2.45) is 0 Å². The summed E-state index contributed by atoms with van der Waals surface area (Å²) < 4.78 is 10.5. The average Bonchev–Trinajstić information content (AvgIpc) is 2.88. The third kappa shape index (κ3) is 3.45. The largest absolute Gasteiger partial charge is 0.461 e. The highest BCUT2D eigenvalue weighted by Crippen LogP contribution is 2.32. The van der Waals surface area contributed by atoms with E-state index in [1.54, 1.807) is 18.7 Å². The van der Waals surface area contributed by atoms with Crippen molar-refractivity contribution in [2.45, 2.75) is 11.8 Å². The Bertz CT molecular complexity index is 572. The van der Waals surface area contributed by atoms with E-state index in [0.717, 1.165) is 16.2 Å². The van der Waals surface area contributed by atoms with Crippen LogP contribution >= 0.6 is 23.1 Å². The maximum Gasteiger partial charge on any atom is 0.369 e. The lowest BCUT2D eigenvalue weighted by molar-refractivity contribution is 0.0525. The van der Waals surface area contributed by atoms with E-state index in [0.29, 0.717) is 17.6 Å². The first-order valence-electron chi connectivity index (χ1n) is 5.56. The number of benzene rings is 1. The predicted molar refractivity (Wildman–Crippen MR) is 74.2 cm³/mol. The zero-order valence-electron chi connectivity index (χ0n) is 10.5. The quantitative estimate of drug-likeness (QED) is 0.623. The molecule has 0 aliphatic heterocycles. The molecule has 0 fully saturated rings. The van der Waals surface area contributed by atoms with E-state index in [4.69, 9.17) is 9.47 Å². The molecule has 7 heteroatoms. The van der Waals surface area contributed by atoms with Gasteiger partial charge >= 0.3 is 5.97 Å². The van der Waals surface area contributed by atoms with Gasteiger partial charge in [0.15, 0.2) is 0 Å². The Labute approximate surface area is 119 Å². The van der Waals surface area contributed by atoms with E-state index in [2.05, 4.69) is 10.2 Å². The summed E-state index contributed by atoms with van der Waals surface area (Å²) in [5.74, 6) is 0.217. The molecule has 0 aliphatic rings. The molecule has 2 aromatic rings. The second kappa shape index (κ2) is 6.53. The van der Waals surface area contributed by atoms with Crippen LogP contribution in [0.1, 0.15) is 16.7 Å². The molecule has 0 N–H and O–H groups in total. The van der Waals surface area contributed by atoms with Gasteiger partial charge in [-0.1, -0.05) is 17.2 Å². The number of ether oxygens (including phenoxy) is 2. The second-order valence-electron chi connectivity index (χ2n) is 3.35. The van der Waals surface area contributed by atoms with E-state index in [9.17, 15) is 4.79 Å². The number of aromatic nitrogens is 2. The van der Waals surface area contributed by atoms with Crippen molar-refractivity contribution in [2.75, 3.05) is 12.9 Å². The average molecular weight is 296 g/mol. The van der Waals surface area contributed by atoms with Crippen LogP contribution < -0.4 is 4.74 Å². The Morgan fingerprint density at radius 2 is 2.16 bits per heavy atom. The van der Waals surface area contributed by atoms with Gasteiger partial charge in [-0.3, -0.25) is 0 Å². The molecule has 5 nitrogen and oxygen atoms in total. The first-order valence-corrected chi connectivity index (χ1v) is 7.60. The Balaban J connectivity index is 2.13. The van der Waals surface area contributed by atoms with Crippen LogP contribution in [-0.2, 0) is 4.74 Å². The molecule has 0 saturated heterocycles. The molecule has 0 atom stereocenters. The number of carbonyl (C=O) groups excluding carboxylic acids is 1. The molecule has 1 heterocycles. The van der Waals surface area contributed by atoms with Crippen molar-refractivity contribution in [1.82, 2.24) is 10.2 Å². The first kappa shape index (κ1) is 13.8. The lowest BCUT2D eigenvalue weighted by atomic mass is 10.3. The van der Waals surface area contributed by atoms with Gasteiger partial charge in [0.05, 0.1) is 6.61 Å². The van der Waals surface area contributed by atoms with E-state index in [1.165, 1.54) is 0 Å². The molecule has 0 radical (unpaired) electrons. The Morgan fingerprint density at radius 1 is 1.37 bits per heavy atom. The molecule has 0 unspecified atom stereocenters. The van der Waals surface area contributed by atoms with Crippen molar-refractivity contribution in [3.63, 3.8) is 0 Å². The molecule has 1 aromatic heterocycles. The highest BCUT2D eigenvalue weighted by Gasteiger charge is 2.15. The van der Waals surface area contributed by atoms with Crippen LogP contribution in [0, 0.1) is 0 Å². The number of rotatable bonds is 5. The molecule has 0 amide bonds. The van der Waals surface area contributed by atoms with Gasteiger partial charge in [0, 0.05) is 4.90 Å². The highest BCUT2D eigenvalue weighted by atomic mass is 32.2. The normalized spacial score (nSPS) is 10.2. The number of hydrogen-bond acceptors (Lipinski definition) is 7. The maximum absolute atomic E-state index is 11.5. The van der Waals surface area contributed by atoms with Gasteiger partial charge in [-0.05, 0) is 36.6 Å². The fourth-order valence-electron chi connectivity index (χ4n) is 1.32. The van der Waals surface area contributed by atoms with Crippen LogP contribution in [0.3, 0.4) is 0 Å². The minimum Gasteiger partial charge on any atom is -0.461 e. The number of esters is 1. The van der Waals surface area contributed by atoms with E-state index in [-0.39, 0.29) is 5.01 Å². The van der Waals surface area contributed by atoms with Gasteiger partial charge in [0.2, 0.25) is 5.01 Å². The number of carbonyl (C=O) groups is 1. The summed E-state index contributed by atoms with van der Waals surface area (Å²) in [5.41, 5.74) is 0. The molecular formula is C12H12N2O3S2. The monoisotopic (exact) mass is 296 g/mol. The van der Waals surface area contributed by atoms with Crippen molar-refractivity contribution >= 4 is 29.1 Å². The molecule has 0 spiro atoms. The summed E-state index contributed by atoms with van der Waals surface area (Å²) in [6.45, 7) is 2.05. The maximum atomic E-state index is 11.5. The van der Waals surface area contributed by atoms with Crippen LogP contribution in [0.5, 0.6) is 10.9 Å². The van der Waals surface area contributed by atoms with Gasteiger partial charge in [0.1, 0.15) is 5.75 Å². The highest BCUT2D eigenvalue weighted by molar-refractivity contribution is 7.98. The first-order chi connectivity index (χ1) is 9.24. The van der Waals surface area contributed by atoms with Crippen LogP contribution in [0.4, 0.5) is 0 Å². The van der Waals surface area contributed by atoms with E-state index >= 15 is 0 Å². The number of hydrogen-bond donors (Lipinski definition) is 0. The molecule has 100 valence electrons. The van der Waals surface area contributed by atoms with Gasteiger partial charge in [-0.15, -0.1) is 16.9 Å². The van der Waals surface area contributed by atoms with Gasteiger partial charge in [0.25, 0.3) is 5.19 Å². The summed E-state index contributed by atoms with van der Waals surface area (Å²) in [4.78, 5) is 12.5. The number of thioether (sulfide) groups is 1. The van der Waals surface area contributed by atoms with Crippen LogP contribution in [0.2, 0.25) is 0 Å². The van der Waals surface area contributed by atoms with Crippen molar-refractivity contribution < 1.29 is 14.3 Å². The summed E-state index contributed by atoms with van der Waals surface area (Å²) in [6.07, 6.45) is 1.96. The fraction of sp³-hybridized carbons (Fsp3) is 0.250. The summed E-state index contributed by atoms with van der Waals surface area (Å²) in [7, 11) is 0. The summed E-state index contributed by atoms with van der Waals surface area (Å²) in [6, 6.07) is 7.61. The Hall–Kier alpha value is -1.60. The smallest absolute Gasteiger partial charge is 0.369 e. The van der Waals surface area contributed by atoms with Crippen molar-refractivity contribution in [1.29, 1.82) is 0 Å². The zero-order chi connectivity index (χ0) is 13.7. The molecular weight excluding hydrogens is 284 g/mol. The van der Waals surface area contributed by atoms with Gasteiger partial charge in [-0.2, -0.15) is 0 Å². The topological polar surface area (TPSA) is 61.3 Å². The molecule has 2 rings (SSSR count). The molecule has 0 bridgehead atoms. The SMILES string of the molecule is CCOC(=O)c1nnc(Oc2ccccc2SC)s1. The number of para-hydroxylation sites is 1. The van der Waals surface area contributed by atoms with Crippen LogP contribution in [-0.4, -0.2) is 29.0 Å². The predicted octanol–water partition coefficient (Wildman–Crippen LogP) is 3.23. The minimum atomic E-state index is -0.479. The van der Waals surface area contributed by atoms with E-state index in [1.807, 2.05) is 30.5 Å². The van der Waals surface area contributed by atoms with E-state index < -0.39 is 5.97 Å². The molecule has 0 saturated carbocycles. The summed E-state index contributed by atoms with van der Waals surface area (Å²) >= 11 is 2.64. The van der Waals surface area contributed by atoms with Crippen molar-refractivity contribution in [3.8, 4) is 10.9 Å².